The summed E-state index contributed by atoms with van der Waals surface area (Å²) in [6, 6.07) is 7.48. The van der Waals surface area contributed by atoms with E-state index in [9.17, 15) is 4.79 Å². The third-order valence-corrected chi connectivity index (χ3v) is 3.18. The Balaban J connectivity index is 2.88. The molecule has 0 fully saturated rings. The van der Waals surface area contributed by atoms with E-state index < -0.39 is 17.9 Å². The van der Waals surface area contributed by atoms with Crippen molar-refractivity contribution in [1.82, 2.24) is 0 Å². The molecule has 0 aliphatic heterocycles. The number of hydrogen-bond donors (Lipinski definition) is 2. The summed E-state index contributed by atoms with van der Waals surface area (Å²) in [7, 11) is 0. The third kappa shape index (κ3) is 3.30. The minimum Gasteiger partial charge on any atom is -0.481 e. The molecule has 0 heterocycles. The van der Waals surface area contributed by atoms with Crippen molar-refractivity contribution in [1.29, 1.82) is 0 Å². The maximum absolute atomic E-state index is 11.0. The maximum Gasteiger partial charge on any atom is 0.308 e. The summed E-state index contributed by atoms with van der Waals surface area (Å²) in [6.45, 7) is 6.10. The molecule has 0 saturated heterocycles. The van der Waals surface area contributed by atoms with Gasteiger partial charge in [0, 0.05) is 6.04 Å². The average molecular weight is 235 g/mol. The van der Waals surface area contributed by atoms with Gasteiger partial charge in [-0.05, 0) is 23.5 Å². The highest BCUT2D eigenvalue weighted by Gasteiger charge is 2.24. The van der Waals surface area contributed by atoms with Gasteiger partial charge in [0.15, 0.2) is 0 Å². The number of rotatable bonds is 5. The fourth-order valence-corrected chi connectivity index (χ4v) is 1.92. The number of aliphatic carboxylic acids is 1. The summed E-state index contributed by atoms with van der Waals surface area (Å²) in [4.78, 5) is 11.0. The van der Waals surface area contributed by atoms with Crippen LogP contribution in [0.1, 0.15) is 50.3 Å². The van der Waals surface area contributed by atoms with Gasteiger partial charge in [-0.15, -0.1) is 0 Å². The zero-order valence-electron chi connectivity index (χ0n) is 10.7. The van der Waals surface area contributed by atoms with Gasteiger partial charge in [0.2, 0.25) is 0 Å². The number of carboxylic acids is 1. The molecular weight excluding hydrogens is 214 g/mol. The monoisotopic (exact) mass is 235 g/mol. The number of nitrogens with two attached hydrogens (primary N) is 1. The van der Waals surface area contributed by atoms with E-state index in [2.05, 4.69) is 13.8 Å². The van der Waals surface area contributed by atoms with Crippen LogP contribution in [0.25, 0.3) is 0 Å². The molecule has 0 saturated carbocycles. The van der Waals surface area contributed by atoms with Crippen LogP contribution < -0.4 is 5.73 Å². The van der Waals surface area contributed by atoms with Crippen molar-refractivity contribution in [3.8, 4) is 0 Å². The highest BCUT2D eigenvalue weighted by Crippen LogP contribution is 2.24. The van der Waals surface area contributed by atoms with Crippen LogP contribution in [0.3, 0.4) is 0 Å². The molecule has 0 bridgehead atoms. The van der Waals surface area contributed by atoms with Crippen molar-refractivity contribution in [2.45, 2.75) is 39.2 Å². The summed E-state index contributed by atoms with van der Waals surface area (Å²) in [6.07, 6.45) is 0.544. The van der Waals surface area contributed by atoms with E-state index in [4.69, 9.17) is 10.8 Å². The number of hydrogen-bond acceptors (Lipinski definition) is 2. The lowest BCUT2D eigenvalue weighted by Crippen LogP contribution is -2.27. The maximum atomic E-state index is 11.0. The normalized spacial score (nSPS) is 14.6. The molecule has 17 heavy (non-hydrogen) atoms. The molecule has 94 valence electrons. The molecule has 1 rings (SSSR count). The smallest absolute Gasteiger partial charge is 0.308 e. The highest BCUT2D eigenvalue weighted by atomic mass is 16.4. The van der Waals surface area contributed by atoms with Crippen LogP contribution in [0.2, 0.25) is 0 Å². The largest absolute Gasteiger partial charge is 0.481 e. The van der Waals surface area contributed by atoms with Gasteiger partial charge in [-0.1, -0.05) is 45.0 Å². The van der Waals surface area contributed by atoms with Crippen LogP contribution in [0, 0.1) is 5.92 Å². The molecule has 0 aliphatic rings. The Morgan fingerprint density at radius 2 is 1.71 bits per heavy atom. The lowest BCUT2D eigenvalue weighted by Gasteiger charge is -2.19. The van der Waals surface area contributed by atoms with E-state index in [0.717, 1.165) is 5.56 Å². The first-order valence-electron chi connectivity index (χ1n) is 6.05. The number of carbonyl (C=O) groups is 1. The summed E-state index contributed by atoms with van der Waals surface area (Å²) in [5.74, 6) is -0.866. The molecule has 0 aromatic heterocycles. The van der Waals surface area contributed by atoms with Crippen LogP contribution in [0.5, 0.6) is 0 Å². The summed E-state index contributed by atoms with van der Waals surface area (Å²) < 4.78 is 0. The number of carboxylic acid groups (broad SMARTS) is 1. The third-order valence-electron chi connectivity index (χ3n) is 3.18. The second kappa shape index (κ2) is 5.82. The van der Waals surface area contributed by atoms with Crippen LogP contribution in [-0.2, 0) is 4.79 Å². The minimum atomic E-state index is -0.826. The van der Waals surface area contributed by atoms with Crippen molar-refractivity contribution < 1.29 is 9.90 Å². The molecule has 0 aliphatic carbocycles. The molecule has 0 amide bonds. The molecule has 0 radical (unpaired) electrons. The Kier molecular flexibility index (Phi) is 4.70. The van der Waals surface area contributed by atoms with Crippen LogP contribution in [-0.4, -0.2) is 11.1 Å². The quantitative estimate of drug-likeness (QED) is 0.824. The molecule has 2 unspecified atom stereocenters. The van der Waals surface area contributed by atoms with E-state index in [0.29, 0.717) is 12.3 Å². The van der Waals surface area contributed by atoms with Gasteiger partial charge in [0.1, 0.15) is 0 Å². The zero-order valence-corrected chi connectivity index (χ0v) is 10.7. The Bertz CT molecular complexity index is 370. The van der Waals surface area contributed by atoms with E-state index in [1.807, 2.05) is 31.2 Å². The Morgan fingerprint density at radius 1 is 1.24 bits per heavy atom. The van der Waals surface area contributed by atoms with Crippen molar-refractivity contribution >= 4 is 5.97 Å². The minimum absolute atomic E-state index is 0.432. The van der Waals surface area contributed by atoms with Crippen LogP contribution in [0.4, 0.5) is 0 Å². The topological polar surface area (TPSA) is 63.3 Å². The average Bonchev–Trinajstić information content (AvgIpc) is 2.29. The Hall–Kier alpha value is -1.35. The molecule has 3 heteroatoms. The molecular formula is C14H21NO2. The lowest BCUT2D eigenvalue weighted by atomic mass is 9.90. The van der Waals surface area contributed by atoms with Crippen molar-refractivity contribution in [2.75, 3.05) is 0 Å². The van der Waals surface area contributed by atoms with Gasteiger partial charge in [-0.2, -0.15) is 0 Å². The second-order valence-corrected chi connectivity index (χ2v) is 4.70. The first-order valence-corrected chi connectivity index (χ1v) is 6.05. The van der Waals surface area contributed by atoms with E-state index >= 15 is 0 Å². The predicted octanol–water partition coefficient (Wildman–Crippen LogP) is 2.92. The molecule has 1 aromatic carbocycles. The van der Waals surface area contributed by atoms with Gasteiger partial charge in [0.25, 0.3) is 0 Å². The van der Waals surface area contributed by atoms with Crippen molar-refractivity contribution in [3.05, 3.63) is 35.4 Å². The Labute approximate surface area is 103 Å². The van der Waals surface area contributed by atoms with Crippen molar-refractivity contribution in [3.63, 3.8) is 0 Å². The highest BCUT2D eigenvalue weighted by molar-refractivity contribution is 5.71. The molecule has 3 nitrogen and oxygen atoms in total. The second-order valence-electron chi connectivity index (χ2n) is 4.70. The molecule has 3 N–H and O–H groups in total. The molecule has 0 spiro atoms. The van der Waals surface area contributed by atoms with Crippen LogP contribution >= 0.6 is 0 Å². The first-order chi connectivity index (χ1) is 7.97. The van der Waals surface area contributed by atoms with E-state index in [-0.39, 0.29) is 0 Å². The van der Waals surface area contributed by atoms with Gasteiger partial charge < -0.3 is 10.8 Å². The van der Waals surface area contributed by atoms with Crippen molar-refractivity contribution in [2.24, 2.45) is 11.7 Å². The van der Waals surface area contributed by atoms with Gasteiger partial charge in [-0.3, -0.25) is 4.79 Å². The fourth-order valence-electron chi connectivity index (χ4n) is 1.92. The van der Waals surface area contributed by atoms with E-state index in [1.165, 1.54) is 5.56 Å². The van der Waals surface area contributed by atoms with Crippen LogP contribution in [0.15, 0.2) is 24.3 Å². The SMILES string of the molecule is CCC(C(=O)O)C(N)c1ccc(C(C)C)cc1. The predicted molar refractivity (Wildman–Crippen MR) is 68.9 cm³/mol. The lowest BCUT2D eigenvalue weighted by molar-refractivity contribution is -0.142. The Morgan fingerprint density at radius 3 is 2.06 bits per heavy atom. The number of benzene rings is 1. The summed E-state index contributed by atoms with van der Waals surface area (Å²) in [5.41, 5.74) is 8.13. The summed E-state index contributed by atoms with van der Waals surface area (Å²) in [5, 5.41) is 9.07. The molecule has 2 atom stereocenters. The summed E-state index contributed by atoms with van der Waals surface area (Å²) >= 11 is 0. The standard InChI is InChI=1S/C14H21NO2/c1-4-12(14(16)17)13(15)11-7-5-10(6-8-11)9(2)3/h5-9,12-13H,4,15H2,1-3H3,(H,16,17). The van der Waals surface area contributed by atoms with E-state index in [1.54, 1.807) is 0 Å². The van der Waals surface area contributed by atoms with Gasteiger partial charge in [-0.25, -0.2) is 0 Å². The van der Waals surface area contributed by atoms with Gasteiger partial charge >= 0.3 is 5.97 Å². The zero-order chi connectivity index (χ0) is 13.0. The fraction of sp³-hybridized carbons (Fsp3) is 0.500. The molecule has 1 aromatic rings. The first kappa shape index (κ1) is 13.7. The van der Waals surface area contributed by atoms with Gasteiger partial charge in [0.05, 0.1) is 5.92 Å².